The van der Waals surface area contributed by atoms with Gasteiger partial charge in [-0.1, -0.05) is 18.7 Å². The zero-order valence-corrected chi connectivity index (χ0v) is 8.90. The van der Waals surface area contributed by atoms with E-state index in [1.165, 1.54) is 4.57 Å². The molecule has 1 heterocycles. The first kappa shape index (κ1) is 10.3. The van der Waals surface area contributed by atoms with Crippen LogP contribution < -0.4 is 16.4 Å². The lowest BCUT2D eigenvalue weighted by atomic mass is 10.2. The van der Waals surface area contributed by atoms with Crippen LogP contribution in [0.4, 0.5) is 0 Å². The van der Waals surface area contributed by atoms with Gasteiger partial charge in [-0.2, -0.15) is 0 Å². The van der Waals surface area contributed by atoms with Crippen molar-refractivity contribution >= 4 is 12.7 Å². The minimum absolute atomic E-state index is 0.113. The third-order valence-corrected chi connectivity index (χ3v) is 2.42. The molecule has 0 aliphatic heterocycles. The average molecular weight is 216 g/mol. The van der Waals surface area contributed by atoms with Crippen molar-refractivity contribution in [1.82, 2.24) is 9.55 Å². The highest BCUT2D eigenvalue weighted by molar-refractivity contribution is 5.49. The number of imidazole rings is 1. The van der Waals surface area contributed by atoms with Gasteiger partial charge in [-0.25, -0.2) is 0 Å². The number of H-pyrrole nitrogens is 1. The molecule has 82 valence electrons. The zero-order valence-electron chi connectivity index (χ0n) is 8.90. The van der Waals surface area contributed by atoms with Crippen molar-refractivity contribution in [3.63, 3.8) is 0 Å². The monoisotopic (exact) mass is 216 g/mol. The summed E-state index contributed by atoms with van der Waals surface area (Å²) in [7, 11) is 1.66. The molecule has 0 radical (unpaired) electrons. The molecule has 2 rings (SSSR count). The first-order valence-electron chi connectivity index (χ1n) is 4.82. The summed E-state index contributed by atoms with van der Waals surface area (Å²) >= 11 is 0. The molecular formula is C12H12N2O2. The highest BCUT2D eigenvalue weighted by Crippen LogP contribution is 2.09. The van der Waals surface area contributed by atoms with Gasteiger partial charge < -0.3 is 10.1 Å². The molecule has 0 aliphatic rings. The fraction of sp³-hybridized carbons (Fsp3) is 0.0833. The van der Waals surface area contributed by atoms with E-state index in [-0.39, 0.29) is 11.3 Å². The molecule has 0 unspecified atom stereocenters. The van der Waals surface area contributed by atoms with E-state index in [0.717, 1.165) is 5.56 Å². The number of nitrogens with one attached hydrogen (secondary N) is 1. The van der Waals surface area contributed by atoms with E-state index in [1.54, 1.807) is 37.4 Å². The number of phenolic OH excluding ortho intramolecular Hbond substituents is 1. The summed E-state index contributed by atoms with van der Waals surface area (Å²) in [6, 6.07) is 6.62. The van der Waals surface area contributed by atoms with Crippen LogP contribution in [0.3, 0.4) is 0 Å². The van der Waals surface area contributed by atoms with Crippen LogP contribution >= 0.6 is 0 Å². The highest BCUT2D eigenvalue weighted by atomic mass is 16.3. The van der Waals surface area contributed by atoms with Crippen LogP contribution in [-0.4, -0.2) is 14.7 Å². The Balaban J connectivity index is 2.60. The molecule has 0 fully saturated rings. The van der Waals surface area contributed by atoms with Crippen molar-refractivity contribution < 1.29 is 5.11 Å². The van der Waals surface area contributed by atoms with E-state index < -0.39 is 0 Å². The number of rotatable bonds is 1. The van der Waals surface area contributed by atoms with Gasteiger partial charge in [0, 0.05) is 7.05 Å². The van der Waals surface area contributed by atoms with Gasteiger partial charge in [0.1, 0.15) is 16.6 Å². The Labute approximate surface area is 91.8 Å². The van der Waals surface area contributed by atoms with Crippen molar-refractivity contribution in [2.24, 2.45) is 7.05 Å². The van der Waals surface area contributed by atoms with Gasteiger partial charge in [0.15, 0.2) is 0 Å². The first-order valence-corrected chi connectivity index (χ1v) is 4.82. The summed E-state index contributed by atoms with van der Waals surface area (Å²) in [6.45, 7) is 3.70. The second-order valence-corrected chi connectivity index (χ2v) is 3.59. The van der Waals surface area contributed by atoms with E-state index in [9.17, 15) is 4.79 Å². The van der Waals surface area contributed by atoms with E-state index in [2.05, 4.69) is 11.6 Å². The number of phenols is 1. The third-order valence-electron chi connectivity index (χ3n) is 2.42. The van der Waals surface area contributed by atoms with Gasteiger partial charge in [0.25, 0.3) is 5.56 Å². The maximum atomic E-state index is 11.7. The van der Waals surface area contributed by atoms with Crippen LogP contribution in [0, 0.1) is 0 Å². The van der Waals surface area contributed by atoms with Crippen LogP contribution in [0.15, 0.2) is 29.1 Å². The van der Waals surface area contributed by atoms with Crippen molar-refractivity contribution in [2.75, 3.05) is 0 Å². The summed E-state index contributed by atoms with van der Waals surface area (Å²) in [5.41, 5.74) is 1.30. The van der Waals surface area contributed by atoms with Gasteiger partial charge >= 0.3 is 0 Å². The Morgan fingerprint density at radius 1 is 1.38 bits per heavy atom. The summed E-state index contributed by atoms with van der Waals surface area (Å²) in [5, 5.41) is 9.61. The lowest BCUT2D eigenvalue weighted by Gasteiger charge is -1.92. The fourth-order valence-electron chi connectivity index (χ4n) is 1.43. The smallest absolute Gasteiger partial charge is 0.275 e. The molecule has 2 aromatic rings. The van der Waals surface area contributed by atoms with Crippen LogP contribution in [0.25, 0.3) is 12.7 Å². The van der Waals surface area contributed by atoms with E-state index in [4.69, 9.17) is 5.11 Å². The number of aromatic nitrogens is 2. The average Bonchev–Trinajstić information content (AvgIpc) is 2.50. The van der Waals surface area contributed by atoms with Crippen LogP contribution in [0.1, 0.15) is 5.56 Å². The molecule has 0 saturated heterocycles. The van der Waals surface area contributed by atoms with Crippen molar-refractivity contribution in [3.8, 4) is 5.75 Å². The van der Waals surface area contributed by atoms with Crippen LogP contribution in [0.5, 0.6) is 5.75 Å². The van der Waals surface area contributed by atoms with Crippen LogP contribution in [0.2, 0.25) is 0 Å². The quantitative estimate of drug-likeness (QED) is 0.685. The summed E-state index contributed by atoms with van der Waals surface area (Å²) < 4.78 is 1.45. The Hall–Kier alpha value is -2.23. The Kier molecular flexibility index (Phi) is 2.40. The molecule has 0 amide bonds. The van der Waals surface area contributed by atoms with Gasteiger partial charge in [0.05, 0.1) is 0 Å². The van der Waals surface area contributed by atoms with Crippen molar-refractivity contribution in [2.45, 2.75) is 0 Å². The second kappa shape index (κ2) is 3.73. The lowest BCUT2D eigenvalue weighted by molar-refractivity contribution is 0.475. The van der Waals surface area contributed by atoms with Gasteiger partial charge in [-0.05, 0) is 23.8 Å². The summed E-state index contributed by atoms with van der Waals surface area (Å²) in [4.78, 5) is 14.6. The third kappa shape index (κ3) is 1.77. The number of nitrogens with zero attached hydrogens (tertiary/aromatic N) is 1. The summed E-state index contributed by atoms with van der Waals surface area (Å²) in [6.07, 6.45) is 1.72. The van der Waals surface area contributed by atoms with E-state index in [1.807, 2.05) is 0 Å². The van der Waals surface area contributed by atoms with E-state index in [0.29, 0.717) is 10.8 Å². The topological polar surface area (TPSA) is 58.0 Å². The largest absolute Gasteiger partial charge is 0.508 e. The van der Waals surface area contributed by atoms with E-state index >= 15 is 0 Å². The lowest BCUT2D eigenvalue weighted by Crippen LogP contribution is -2.28. The van der Waals surface area contributed by atoms with Crippen LogP contribution in [-0.2, 0) is 7.05 Å². The molecule has 0 atom stereocenters. The maximum Gasteiger partial charge on any atom is 0.275 e. The minimum Gasteiger partial charge on any atom is -0.508 e. The Morgan fingerprint density at radius 3 is 2.50 bits per heavy atom. The molecule has 0 spiro atoms. The zero-order chi connectivity index (χ0) is 11.7. The minimum atomic E-state index is -0.113. The number of hydrogen-bond acceptors (Lipinski definition) is 2. The Bertz CT molecular complexity index is 663. The fourth-order valence-corrected chi connectivity index (χ4v) is 1.43. The highest BCUT2D eigenvalue weighted by Gasteiger charge is 1.97. The predicted octanol–water partition coefficient (Wildman–Crippen LogP) is -0.342. The second-order valence-electron chi connectivity index (χ2n) is 3.59. The number of aromatic hydroxyl groups is 1. The molecular weight excluding hydrogens is 204 g/mol. The standard InChI is InChI=1S/C12H12N2O2/c1-8-13-11(12(16)14(8)2)7-9-3-5-10(15)6-4-9/h3-7,13,15H,1H2,2H3/b11-7-. The maximum absolute atomic E-state index is 11.7. The molecule has 1 aromatic heterocycles. The molecule has 0 saturated carbocycles. The molecule has 4 heteroatoms. The SMILES string of the molecule is C=c1[nH]/c(=C\c2ccc(O)cc2)c(=O)n1C. The Morgan fingerprint density at radius 2 is 2.00 bits per heavy atom. The normalized spacial score (nSPS) is 11.9. The molecule has 4 nitrogen and oxygen atoms in total. The number of aromatic amines is 1. The van der Waals surface area contributed by atoms with Gasteiger partial charge in [-0.15, -0.1) is 0 Å². The molecule has 0 aliphatic carbocycles. The van der Waals surface area contributed by atoms with Crippen molar-refractivity contribution in [1.29, 1.82) is 0 Å². The molecule has 2 N–H and O–H groups in total. The van der Waals surface area contributed by atoms with Crippen molar-refractivity contribution in [3.05, 3.63) is 51.0 Å². The molecule has 0 bridgehead atoms. The molecule has 16 heavy (non-hydrogen) atoms. The van der Waals surface area contributed by atoms with Gasteiger partial charge in [0.2, 0.25) is 0 Å². The number of benzene rings is 1. The molecule has 1 aromatic carbocycles. The summed E-state index contributed by atoms with van der Waals surface area (Å²) in [5.74, 6) is 0.203. The predicted molar refractivity (Wildman–Crippen MR) is 62.5 cm³/mol. The van der Waals surface area contributed by atoms with Gasteiger partial charge in [-0.3, -0.25) is 9.36 Å². The number of hydrogen-bond donors (Lipinski definition) is 2. The first-order chi connectivity index (χ1) is 7.58.